The van der Waals surface area contributed by atoms with Crippen molar-refractivity contribution in [3.63, 3.8) is 0 Å². The summed E-state index contributed by atoms with van der Waals surface area (Å²) in [6.07, 6.45) is -2.34. The summed E-state index contributed by atoms with van der Waals surface area (Å²) in [6.45, 7) is 5.32. The number of hydrogen-bond acceptors (Lipinski definition) is 2. The number of halogens is 3. The molecule has 2 fully saturated rings. The van der Waals surface area contributed by atoms with Crippen LogP contribution in [0.2, 0.25) is 0 Å². The molecule has 2 saturated heterocycles. The van der Waals surface area contributed by atoms with Crippen LogP contribution in [0.3, 0.4) is 0 Å². The van der Waals surface area contributed by atoms with Gasteiger partial charge in [-0.15, -0.1) is 0 Å². The van der Waals surface area contributed by atoms with Crippen molar-refractivity contribution in [2.24, 2.45) is 11.8 Å². The van der Waals surface area contributed by atoms with Crippen LogP contribution in [0, 0.1) is 11.8 Å². The molecule has 0 saturated carbocycles. The van der Waals surface area contributed by atoms with Crippen LogP contribution in [0.4, 0.5) is 13.2 Å². The lowest BCUT2D eigenvalue weighted by Crippen LogP contribution is -2.47. The van der Waals surface area contributed by atoms with Crippen molar-refractivity contribution in [3.8, 4) is 0 Å². The van der Waals surface area contributed by atoms with Crippen molar-refractivity contribution >= 4 is 0 Å². The van der Waals surface area contributed by atoms with Gasteiger partial charge in [-0.3, -0.25) is 4.90 Å². The Bertz CT molecular complexity index is 247. The topological polar surface area (TPSA) is 15.3 Å². The van der Waals surface area contributed by atoms with Gasteiger partial charge in [-0.25, -0.2) is 0 Å². The van der Waals surface area contributed by atoms with E-state index in [1.54, 1.807) is 0 Å². The second-order valence-corrected chi connectivity index (χ2v) is 5.25. The Balaban J connectivity index is 1.86. The maximum absolute atomic E-state index is 12.6. The Morgan fingerprint density at radius 2 is 1.82 bits per heavy atom. The van der Waals surface area contributed by atoms with E-state index in [1.807, 2.05) is 0 Å². The Morgan fingerprint density at radius 1 is 1.18 bits per heavy atom. The predicted octanol–water partition coefficient (Wildman–Crippen LogP) is 2.26. The van der Waals surface area contributed by atoms with Crippen LogP contribution in [0.15, 0.2) is 0 Å². The zero-order valence-corrected chi connectivity index (χ0v) is 10.3. The summed E-state index contributed by atoms with van der Waals surface area (Å²) in [5.74, 6) is -0.467. The Kier molecular flexibility index (Phi) is 3.98. The lowest BCUT2D eigenvalue weighted by Gasteiger charge is -2.38. The summed E-state index contributed by atoms with van der Waals surface area (Å²) in [7, 11) is 0. The number of likely N-dealkylation sites (tertiary alicyclic amines) is 1. The van der Waals surface area contributed by atoms with Crippen LogP contribution in [0.5, 0.6) is 0 Å². The number of nitrogens with zero attached hydrogens (tertiary/aromatic N) is 1. The molecule has 2 atom stereocenters. The van der Waals surface area contributed by atoms with Gasteiger partial charge in [0.1, 0.15) is 0 Å². The standard InChI is InChI=1S/C12H21F3N2/c1-2-9-7-16-8-11(9)17-5-3-10(4-6-17)12(13,14)15/h9-11,16H,2-8H2,1H3. The van der Waals surface area contributed by atoms with Gasteiger partial charge in [-0.05, 0) is 38.4 Å². The maximum Gasteiger partial charge on any atom is 0.391 e. The molecule has 0 aromatic heterocycles. The maximum atomic E-state index is 12.6. The van der Waals surface area contributed by atoms with Gasteiger partial charge in [0.2, 0.25) is 0 Å². The SMILES string of the molecule is CCC1CNCC1N1CCC(C(F)(F)F)CC1. The lowest BCUT2D eigenvalue weighted by atomic mass is 9.92. The van der Waals surface area contributed by atoms with Gasteiger partial charge >= 0.3 is 6.18 Å². The number of piperidine rings is 1. The molecule has 2 aliphatic rings. The highest BCUT2D eigenvalue weighted by atomic mass is 19.4. The molecular weight excluding hydrogens is 229 g/mol. The van der Waals surface area contributed by atoms with Gasteiger partial charge in [0, 0.05) is 12.6 Å². The molecule has 0 aromatic rings. The third kappa shape index (κ3) is 2.94. The molecule has 2 rings (SSSR count). The highest BCUT2D eigenvalue weighted by Crippen LogP contribution is 2.35. The third-order valence-corrected chi connectivity index (χ3v) is 4.29. The summed E-state index contributed by atoms with van der Waals surface area (Å²) in [5, 5.41) is 3.35. The molecule has 0 bridgehead atoms. The van der Waals surface area contributed by atoms with Gasteiger partial charge < -0.3 is 5.32 Å². The molecule has 0 amide bonds. The predicted molar refractivity (Wildman–Crippen MR) is 60.8 cm³/mol. The number of hydrogen-bond donors (Lipinski definition) is 1. The molecule has 2 unspecified atom stereocenters. The largest absolute Gasteiger partial charge is 0.391 e. The number of rotatable bonds is 2. The zero-order chi connectivity index (χ0) is 12.5. The molecule has 1 N–H and O–H groups in total. The van der Waals surface area contributed by atoms with Crippen LogP contribution in [0.25, 0.3) is 0 Å². The number of nitrogens with one attached hydrogen (secondary N) is 1. The fourth-order valence-electron chi connectivity index (χ4n) is 3.12. The molecule has 2 aliphatic heterocycles. The molecule has 5 heteroatoms. The van der Waals surface area contributed by atoms with Gasteiger partial charge in [0.05, 0.1) is 5.92 Å². The molecule has 0 spiro atoms. The van der Waals surface area contributed by atoms with Crippen molar-refractivity contribution in [1.82, 2.24) is 10.2 Å². The lowest BCUT2D eigenvalue weighted by molar-refractivity contribution is -0.186. The summed E-state index contributed by atoms with van der Waals surface area (Å²) in [6, 6.07) is 0.453. The van der Waals surface area contributed by atoms with Gasteiger partial charge in [-0.1, -0.05) is 13.3 Å². The van der Waals surface area contributed by atoms with Gasteiger partial charge in [0.25, 0.3) is 0 Å². The van der Waals surface area contributed by atoms with E-state index in [9.17, 15) is 13.2 Å². The average molecular weight is 250 g/mol. The summed E-state index contributed by atoms with van der Waals surface area (Å²) in [4.78, 5) is 2.26. The minimum atomic E-state index is -4.00. The second-order valence-electron chi connectivity index (χ2n) is 5.25. The van der Waals surface area contributed by atoms with Crippen LogP contribution in [0.1, 0.15) is 26.2 Å². The molecule has 2 nitrogen and oxygen atoms in total. The minimum Gasteiger partial charge on any atom is -0.315 e. The van der Waals surface area contributed by atoms with E-state index < -0.39 is 12.1 Å². The van der Waals surface area contributed by atoms with Crippen LogP contribution < -0.4 is 5.32 Å². The van der Waals surface area contributed by atoms with Crippen molar-refractivity contribution in [2.75, 3.05) is 26.2 Å². The Hall–Kier alpha value is -0.290. The Labute approximate surface area is 101 Å². The first-order valence-electron chi connectivity index (χ1n) is 6.54. The third-order valence-electron chi connectivity index (χ3n) is 4.29. The summed E-state index contributed by atoms with van der Waals surface area (Å²) < 4.78 is 37.7. The van der Waals surface area contributed by atoms with E-state index in [1.165, 1.54) is 0 Å². The molecular formula is C12H21F3N2. The molecule has 0 aliphatic carbocycles. The van der Waals surface area contributed by atoms with Gasteiger partial charge in [0.15, 0.2) is 0 Å². The van der Waals surface area contributed by atoms with E-state index in [0.29, 0.717) is 25.0 Å². The molecule has 17 heavy (non-hydrogen) atoms. The smallest absolute Gasteiger partial charge is 0.315 e. The van der Waals surface area contributed by atoms with Crippen molar-refractivity contribution in [1.29, 1.82) is 0 Å². The molecule has 2 heterocycles. The van der Waals surface area contributed by atoms with Crippen molar-refractivity contribution < 1.29 is 13.2 Å². The first kappa shape index (κ1) is 13.1. The molecule has 0 radical (unpaired) electrons. The summed E-state index contributed by atoms with van der Waals surface area (Å²) >= 11 is 0. The first-order valence-corrected chi connectivity index (χ1v) is 6.54. The second kappa shape index (κ2) is 5.14. The molecule has 0 aromatic carbocycles. The van der Waals surface area contributed by atoms with E-state index in [-0.39, 0.29) is 12.8 Å². The normalized spacial score (nSPS) is 33.2. The van der Waals surface area contributed by atoms with Crippen LogP contribution >= 0.6 is 0 Å². The van der Waals surface area contributed by atoms with E-state index >= 15 is 0 Å². The highest BCUT2D eigenvalue weighted by molar-refractivity contribution is 4.90. The van der Waals surface area contributed by atoms with E-state index in [4.69, 9.17) is 0 Å². The quantitative estimate of drug-likeness (QED) is 0.808. The monoisotopic (exact) mass is 250 g/mol. The fraction of sp³-hybridized carbons (Fsp3) is 1.00. The fourth-order valence-corrected chi connectivity index (χ4v) is 3.12. The highest BCUT2D eigenvalue weighted by Gasteiger charge is 2.43. The van der Waals surface area contributed by atoms with Crippen molar-refractivity contribution in [3.05, 3.63) is 0 Å². The van der Waals surface area contributed by atoms with E-state index in [0.717, 1.165) is 19.5 Å². The van der Waals surface area contributed by atoms with E-state index in [2.05, 4.69) is 17.1 Å². The molecule has 100 valence electrons. The first-order chi connectivity index (χ1) is 8.02. The minimum absolute atomic E-state index is 0.274. The average Bonchev–Trinajstić information content (AvgIpc) is 2.76. The van der Waals surface area contributed by atoms with Crippen LogP contribution in [-0.2, 0) is 0 Å². The van der Waals surface area contributed by atoms with Crippen molar-refractivity contribution in [2.45, 2.75) is 38.4 Å². The van der Waals surface area contributed by atoms with Crippen LogP contribution in [-0.4, -0.2) is 43.3 Å². The van der Waals surface area contributed by atoms with Gasteiger partial charge in [-0.2, -0.15) is 13.2 Å². The Morgan fingerprint density at radius 3 is 2.35 bits per heavy atom. The zero-order valence-electron chi connectivity index (χ0n) is 10.3. The summed E-state index contributed by atoms with van der Waals surface area (Å²) in [5.41, 5.74) is 0. The number of alkyl halides is 3.